The Balaban J connectivity index is 1.43. The lowest BCUT2D eigenvalue weighted by Gasteiger charge is -2.31. The fraction of sp³-hybridized carbons (Fsp3) is 0.303. The number of amides is 3. The van der Waals surface area contributed by atoms with Crippen molar-refractivity contribution in [2.24, 2.45) is 0 Å². The molecule has 17 heteroatoms. The van der Waals surface area contributed by atoms with E-state index in [1.165, 1.54) is 6.07 Å². The summed E-state index contributed by atoms with van der Waals surface area (Å²) in [6, 6.07) is 15.6. The predicted octanol–water partition coefficient (Wildman–Crippen LogP) is 2.46. The number of nitrogens with one attached hydrogen (secondary N) is 3. The number of aliphatic carboxylic acids is 1. The smallest absolute Gasteiger partial charge is 0.416 e. The number of rotatable bonds is 13. The van der Waals surface area contributed by atoms with Crippen LogP contribution in [0.2, 0.25) is 0 Å². The highest BCUT2D eigenvalue weighted by Crippen LogP contribution is 2.44. The standard InChI is InChI=1S/C33H34F3N4O9P/c1-21(37-31(45)32(46)38-25-18-22(33(34,35)36)12-13-27(25)40-14-16-48-17-15-40)30(44)39-26(19-29(42)43)28(41)20-49-50(47,23-8-4-2-5-9-23)24-10-6-3-7-11-24/h2-13,18,21,26H,14-17,19-20H2,1H3,(H,37,45)(H,38,46)(H,39,44)(H,42,43)/t21-,26-/m0/s1. The monoisotopic (exact) mass is 718 g/mol. The highest BCUT2D eigenvalue weighted by molar-refractivity contribution is 7.74. The normalized spacial score (nSPS) is 14.6. The zero-order valence-electron chi connectivity index (χ0n) is 26.6. The van der Waals surface area contributed by atoms with Crippen LogP contribution in [0.15, 0.2) is 78.9 Å². The third kappa shape index (κ3) is 9.77. The van der Waals surface area contributed by atoms with Crippen molar-refractivity contribution in [1.82, 2.24) is 10.6 Å². The van der Waals surface area contributed by atoms with Crippen LogP contribution in [0.25, 0.3) is 0 Å². The van der Waals surface area contributed by atoms with Crippen LogP contribution < -0.4 is 31.5 Å². The number of Topliss-reactive ketones (excluding diaryl/α,β-unsaturated/α-hetero) is 1. The number of hydrogen-bond acceptors (Lipinski definition) is 9. The minimum Gasteiger partial charge on any atom is -0.481 e. The van der Waals surface area contributed by atoms with Gasteiger partial charge in [-0.05, 0) is 49.4 Å². The van der Waals surface area contributed by atoms with Gasteiger partial charge in [0, 0.05) is 23.7 Å². The Kier molecular flexibility index (Phi) is 12.5. The lowest BCUT2D eigenvalue weighted by atomic mass is 10.1. The summed E-state index contributed by atoms with van der Waals surface area (Å²) >= 11 is 0. The molecule has 1 saturated heterocycles. The summed E-state index contributed by atoms with van der Waals surface area (Å²) in [7, 11) is -3.84. The zero-order chi connectivity index (χ0) is 36.5. The molecular weight excluding hydrogens is 684 g/mol. The van der Waals surface area contributed by atoms with Crippen molar-refractivity contribution in [2.45, 2.75) is 31.6 Å². The second-order valence-electron chi connectivity index (χ2n) is 11.1. The molecule has 1 aliphatic heterocycles. The summed E-state index contributed by atoms with van der Waals surface area (Å²) in [5.41, 5.74) is -1.15. The highest BCUT2D eigenvalue weighted by atomic mass is 31.2. The number of ether oxygens (including phenoxy) is 1. The molecule has 3 aromatic rings. The van der Waals surface area contributed by atoms with E-state index in [2.05, 4.69) is 16.0 Å². The van der Waals surface area contributed by atoms with Crippen LogP contribution in [-0.4, -0.2) is 79.6 Å². The van der Waals surface area contributed by atoms with Crippen LogP contribution in [0.4, 0.5) is 24.5 Å². The van der Waals surface area contributed by atoms with Gasteiger partial charge < -0.3 is 35.2 Å². The van der Waals surface area contributed by atoms with Gasteiger partial charge in [0.15, 0.2) is 5.78 Å². The number of anilines is 2. The van der Waals surface area contributed by atoms with E-state index >= 15 is 0 Å². The largest absolute Gasteiger partial charge is 0.481 e. The van der Waals surface area contributed by atoms with Crippen molar-refractivity contribution in [3.63, 3.8) is 0 Å². The van der Waals surface area contributed by atoms with Gasteiger partial charge >= 0.3 is 24.0 Å². The van der Waals surface area contributed by atoms with Gasteiger partial charge in [-0.25, -0.2) is 0 Å². The molecule has 266 valence electrons. The second-order valence-corrected chi connectivity index (χ2v) is 13.5. The van der Waals surface area contributed by atoms with E-state index in [0.29, 0.717) is 32.4 Å². The molecule has 0 aliphatic carbocycles. The van der Waals surface area contributed by atoms with Crippen LogP contribution in [-0.2, 0) is 44.0 Å². The van der Waals surface area contributed by atoms with Crippen LogP contribution in [0.3, 0.4) is 0 Å². The molecule has 13 nitrogen and oxygen atoms in total. The molecule has 4 rings (SSSR count). The second kappa shape index (κ2) is 16.6. The first-order valence-corrected chi connectivity index (χ1v) is 16.9. The number of carbonyl (C=O) groups is 5. The summed E-state index contributed by atoms with van der Waals surface area (Å²) in [6.45, 7) is 1.49. The van der Waals surface area contributed by atoms with Crippen molar-refractivity contribution >= 4 is 58.8 Å². The zero-order valence-corrected chi connectivity index (χ0v) is 27.5. The van der Waals surface area contributed by atoms with Gasteiger partial charge in [-0.2, -0.15) is 13.2 Å². The van der Waals surface area contributed by atoms with Gasteiger partial charge in [0.05, 0.1) is 36.6 Å². The topological polar surface area (TPSA) is 180 Å². The van der Waals surface area contributed by atoms with Crippen LogP contribution >= 0.6 is 7.37 Å². The van der Waals surface area contributed by atoms with Gasteiger partial charge in [0.2, 0.25) is 5.91 Å². The van der Waals surface area contributed by atoms with Crippen molar-refractivity contribution in [3.8, 4) is 0 Å². The molecule has 50 heavy (non-hydrogen) atoms. The Labute approximate surface area is 284 Å². The minimum absolute atomic E-state index is 0.217. The molecule has 0 bridgehead atoms. The molecule has 0 spiro atoms. The average molecular weight is 719 g/mol. The maximum atomic E-state index is 14.1. The number of alkyl halides is 3. The van der Waals surface area contributed by atoms with E-state index in [-0.39, 0.29) is 22.0 Å². The fourth-order valence-electron chi connectivity index (χ4n) is 4.92. The minimum atomic E-state index is -4.74. The first-order valence-electron chi connectivity index (χ1n) is 15.3. The number of nitrogens with zero attached hydrogens (tertiary/aromatic N) is 1. The third-order valence-electron chi connectivity index (χ3n) is 7.54. The van der Waals surface area contributed by atoms with Gasteiger partial charge in [0.25, 0.3) is 7.37 Å². The fourth-order valence-corrected chi connectivity index (χ4v) is 6.95. The predicted molar refractivity (Wildman–Crippen MR) is 176 cm³/mol. The van der Waals surface area contributed by atoms with Gasteiger partial charge in [0.1, 0.15) is 18.7 Å². The van der Waals surface area contributed by atoms with Crippen molar-refractivity contribution < 1.29 is 56.1 Å². The maximum absolute atomic E-state index is 14.1. The van der Waals surface area contributed by atoms with E-state index in [1.54, 1.807) is 65.6 Å². The molecule has 3 amide bonds. The van der Waals surface area contributed by atoms with Gasteiger partial charge in [-0.3, -0.25) is 28.5 Å². The Morgan fingerprint density at radius 2 is 1.48 bits per heavy atom. The summed E-state index contributed by atoms with van der Waals surface area (Å²) < 4.78 is 65.3. The van der Waals surface area contributed by atoms with E-state index in [9.17, 15) is 46.8 Å². The highest BCUT2D eigenvalue weighted by Gasteiger charge is 2.34. The number of ketones is 1. The molecule has 1 aliphatic rings. The number of carboxylic acids is 1. The van der Waals surface area contributed by atoms with E-state index < -0.39 is 73.7 Å². The molecule has 4 N–H and O–H groups in total. The molecule has 0 unspecified atom stereocenters. The number of halogens is 3. The van der Waals surface area contributed by atoms with Gasteiger partial charge in [-0.1, -0.05) is 36.4 Å². The first-order chi connectivity index (χ1) is 23.7. The maximum Gasteiger partial charge on any atom is 0.416 e. The number of carbonyl (C=O) groups excluding carboxylic acids is 4. The quantitative estimate of drug-likeness (QED) is 0.152. The molecule has 0 aromatic heterocycles. The molecule has 3 aromatic carbocycles. The summed E-state index contributed by atoms with van der Waals surface area (Å²) in [4.78, 5) is 64.9. The first kappa shape index (κ1) is 37.8. The van der Waals surface area contributed by atoms with Crippen molar-refractivity contribution in [2.75, 3.05) is 43.1 Å². The molecule has 1 fully saturated rings. The Morgan fingerprint density at radius 1 is 0.900 bits per heavy atom. The third-order valence-corrected chi connectivity index (χ3v) is 9.98. The molecular formula is C33H34F3N4O9P. The SMILES string of the molecule is C[C@H](NC(=O)C(=O)Nc1cc(C(F)(F)F)ccc1N1CCOCC1)C(=O)N[C@@H](CC(=O)O)C(=O)COP(=O)(c1ccccc1)c1ccccc1. The molecule has 0 saturated carbocycles. The van der Waals surface area contributed by atoms with Gasteiger partial charge in [-0.15, -0.1) is 0 Å². The Bertz CT molecular complexity index is 1710. The number of hydrogen-bond donors (Lipinski definition) is 4. The van der Waals surface area contributed by atoms with Crippen LogP contribution in [0.1, 0.15) is 18.9 Å². The number of carboxylic acid groups (broad SMARTS) is 1. The summed E-state index contributed by atoms with van der Waals surface area (Å²) in [5.74, 6) is -6.25. The summed E-state index contributed by atoms with van der Waals surface area (Å²) in [5, 5.41) is 16.4. The summed E-state index contributed by atoms with van der Waals surface area (Å²) in [6.07, 6.45) is -5.64. The average Bonchev–Trinajstić information content (AvgIpc) is 3.10. The van der Waals surface area contributed by atoms with E-state index in [1.807, 2.05) is 0 Å². The lowest BCUT2D eigenvalue weighted by molar-refractivity contribution is -0.141. The molecule has 0 radical (unpaired) electrons. The Morgan fingerprint density at radius 3 is 2.02 bits per heavy atom. The van der Waals surface area contributed by atoms with Crippen LogP contribution in [0.5, 0.6) is 0 Å². The Hall–Kier alpha value is -5.05. The number of benzene rings is 3. The molecule has 2 atom stereocenters. The molecule has 1 heterocycles. The lowest BCUT2D eigenvalue weighted by Crippen LogP contribution is -2.53. The van der Waals surface area contributed by atoms with Crippen molar-refractivity contribution in [3.05, 3.63) is 84.4 Å². The van der Waals surface area contributed by atoms with E-state index in [0.717, 1.165) is 13.0 Å². The van der Waals surface area contributed by atoms with Crippen molar-refractivity contribution in [1.29, 1.82) is 0 Å². The van der Waals surface area contributed by atoms with Crippen LogP contribution in [0, 0.1) is 0 Å². The van der Waals surface area contributed by atoms with E-state index in [4.69, 9.17) is 9.26 Å². The number of morpholine rings is 1.